The number of aromatic nitrogens is 1. The number of thiazole rings is 1. The van der Waals surface area contributed by atoms with Gasteiger partial charge in [0, 0.05) is 12.1 Å². The summed E-state index contributed by atoms with van der Waals surface area (Å²) in [5, 5.41) is 10.7. The van der Waals surface area contributed by atoms with Crippen LogP contribution in [0.1, 0.15) is 43.3 Å². The molecule has 4 heteroatoms. The predicted molar refractivity (Wildman–Crippen MR) is 110 cm³/mol. The summed E-state index contributed by atoms with van der Waals surface area (Å²) in [5.41, 5.74) is 5.42. The molecule has 0 saturated carbocycles. The van der Waals surface area contributed by atoms with Gasteiger partial charge < -0.3 is 4.74 Å². The molecule has 2 aliphatic rings. The second-order valence-electron chi connectivity index (χ2n) is 7.58. The monoisotopic (exact) mass is 376 g/mol. The molecule has 1 aromatic carbocycles. The fourth-order valence-electron chi connectivity index (χ4n) is 4.06. The first-order valence-corrected chi connectivity index (χ1v) is 10.5. The molecule has 138 valence electrons. The van der Waals surface area contributed by atoms with Gasteiger partial charge >= 0.3 is 0 Å². The Bertz CT molecular complexity index is 961. The Balaban J connectivity index is 1.68. The minimum atomic E-state index is -0.263. The minimum Gasteiger partial charge on any atom is -0.494 e. The van der Waals surface area contributed by atoms with Crippen LogP contribution in [-0.2, 0) is 17.6 Å². The molecule has 0 spiro atoms. The van der Waals surface area contributed by atoms with Crippen LogP contribution in [0.5, 0.6) is 0 Å². The van der Waals surface area contributed by atoms with E-state index in [-0.39, 0.29) is 17.9 Å². The number of nitrogens with zero attached hydrogens (tertiary/aromatic N) is 2. The molecule has 0 radical (unpaired) electrons. The van der Waals surface area contributed by atoms with Crippen LogP contribution in [0.15, 0.2) is 42.3 Å². The lowest BCUT2D eigenvalue weighted by Gasteiger charge is -2.27. The van der Waals surface area contributed by atoms with Gasteiger partial charge in [-0.25, -0.2) is 4.98 Å². The lowest BCUT2D eigenvalue weighted by molar-refractivity contribution is 0.123. The minimum absolute atomic E-state index is 0.0641. The molecule has 1 heterocycles. The molecular weight excluding hydrogens is 352 g/mol. The van der Waals surface area contributed by atoms with Gasteiger partial charge in [0.05, 0.1) is 17.1 Å². The van der Waals surface area contributed by atoms with Gasteiger partial charge in [0.1, 0.15) is 16.7 Å². The first kappa shape index (κ1) is 18.0. The van der Waals surface area contributed by atoms with Gasteiger partial charge in [-0.05, 0) is 61.4 Å². The first-order valence-electron chi connectivity index (χ1n) is 9.64. The molecule has 0 bridgehead atoms. The number of hydrogen-bond donors (Lipinski definition) is 0. The van der Waals surface area contributed by atoms with E-state index in [1.165, 1.54) is 34.4 Å². The van der Waals surface area contributed by atoms with Gasteiger partial charge in [-0.3, -0.25) is 0 Å². The van der Waals surface area contributed by atoms with Crippen molar-refractivity contribution in [2.75, 3.05) is 0 Å². The van der Waals surface area contributed by atoms with E-state index in [2.05, 4.69) is 37.3 Å². The van der Waals surface area contributed by atoms with Crippen LogP contribution in [-0.4, -0.2) is 11.1 Å². The van der Waals surface area contributed by atoms with E-state index in [0.717, 1.165) is 22.8 Å². The highest BCUT2D eigenvalue weighted by Gasteiger charge is 2.31. The third-order valence-corrected chi connectivity index (χ3v) is 6.48. The largest absolute Gasteiger partial charge is 0.494 e. The Morgan fingerprint density at radius 3 is 2.89 bits per heavy atom. The number of rotatable bonds is 4. The Hall–Kier alpha value is -2.38. The Morgan fingerprint density at radius 1 is 1.26 bits per heavy atom. The summed E-state index contributed by atoms with van der Waals surface area (Å²) < 4.78 is 5.85. The average molecular weight is 377 g/mol. The predicted octanol–water partition coefficient (Wildman–Crippen LogP) is 5.78. The van der Waals surface area contributed by atoms with Crippen LogP contribution < -0.4 is 0 Å². The summed E-state index contributed by atoms with van der Waals surface area (Å²) in [4.78, 5) is 5.94. The van der Waals surface area contributed by atoms with Gasteiger partial charge in [-0.15, -0.1) is 11.3 Å². The van der Waals surface area contributed by atoms with Crippen molar-refractivity contribution in [3.8, 4) is 16.5 Å². The molecule has 0 saturated heterocycles. The first-order chi connectivity index (χ1) is 13.1. The summed E-state index contributed by atoms with van der Waals surface area (Å²) in [6.07, 6.45) is 9.68. The van der Waals surface area contributed by atoms with Gasteiger partial charge in [-0.1, -0.05) is 31.2 Å². The molecule has 1 aromatic heterocycles. The molecule has 0 amide bonds. The molecule has 3 nitrogen and oxygen atoms in total. The van der Waals surface area contributed by atoms with Gasteiger partial charge in [0.25, 0.3) is 0 Å². The molecule has 27 heavy (non-hydrogen) atoms. The standard InChI is InChI=1S/C23H24N2OS/c1-14(2)26-21-11-10-17(15(3)20(21)12-24)23-25-13-22(27-23)19-9-5-7-16-6-4-8-18(16)19/h5,7,9-11,13-15,20H,4,6,8H2,1-3H3. The zero-order valence-corrected chi connectivity index (χ0v) is 16.8. The van der Waals surface area contributed by atoms with Crippen LogP contribution in [0.4, 0.5) is 0 Å². The van der Waals surface area contributed by atoms with E-state index in [0.29, 0.717) is 0 Å². The van der Waals surface area contributed by atoms with Crippen molar-refractivity contribution in [1.29, 1.82) is 5.26 Å². The molecule has 0 aliphatic heterocycles. The highest BCUT2D eigenvalue weighted by molar-refractivity contribution is 7.16. The summed E-state index contributed by atoms with van der Waals surface area (Å²) >= 11 is 1.73. The van der Waals surface area contributed by atoms with E-state index in [1.54, 1.807) is 11.3 Å². The fourth-order valence-corrected chi connectivity index (χ4v) is 5.15. The average Bonchev–Trinajstić information content (AvgIpc) is 3.31. The van der Waals surface area contributed by atoms with Crippen LogP contribution in [0.3, 0.4) is 0 Å². The number of ether oxygens (including phenoxy) is 1. The van der Waals surface area contributed by atoms with E-state index in [1.807, 2.05) is 26.1 Å². The van der Waals surface area contributed by atoms with Crippen molar-refractivity contribution in [2.24, 2.45) is 11.8 Å². The smallest absolute Gasteiger partial charge is 0.120 e. The molecule has 0 fully saturated rings. The van der Waals surface area contributed by atoms with E-state index < -0.39 is 0 Å². The Labute approximate surface area is 165 Å². The number of allylic oxidation sites excluding steroid dienone is 4. The number of hydrogen-bond acceptors (Lipinski definition) is 4. The quantitative estimate of drug-likeness (QED) is 0.679. The van der Waals surface area contributed by atoms with Gasteiger partial charge in [0.2, 0.25) is 0 Å². The van der Waals surface area contributed by atoms with Crippen molar-refractivity contribution < 1.29 is 4.74 Å². The zero-order chi connectivity index (χ0) is 19.0. The molecule has 0 N–H and O–H groups in total. The van der Waals surface area contributed by atoms with E-state index in [9.17, 15) is 5.26 Å². The number of aryl methyl sites for hydroxylation is 1. The van der Waals surface area contributed by atoms with Gasteiger partial charge in [-0.2, -0.15) is 5.26 Å². The lowest BCUT2D eigenvalue weighted by Crippen LogP contribution is -2.20. The van der Waals surface area contributed by atoms with Crippen molar-refractivity contribution in [3.05, 3.63) is 58.4 Å². The maximum absolute atomic E-state index is 9.68. The van der Waals surface area contributed by atoms with E-state index >= 15 is 0 Å². The number of fused-ring (bicyclic) bond motifs is 1. The number of nitriles is 1. The second-order valence-corrected chi connectivity index (χ2v) is 8.61. The summed E-state index contributed by atoms with van der Waals surface area (Å²) in [6, 6.07) is 9.05. The molecule has 4 rings (SSSR count). The topological polar surface area (TPSA) is 45.9 Å². The molecule has 2 aliphatic carbocycles. The van der Waals surface area contributed by atoms with Crippen LogP contribution >= 0.6 is 11.3 Å². The Morgan fingerprint density at radius 2 is 2.11 bits per heavy atom. The molecule has 2 aromatic rings. The highest BCUT2D eigenvalue weighted by atomic mass is 32.1. The molecule has 2 unspecified atom stereocenters. The van der Waals surface area contributed by atoms with Crippen molar-refractivity contribution in [3.63, 3.8) is 0 Å². The van der Waals surface area contributed by atoms with Crippen molar-refractivity contribution >= 4 is 16.9 Å². The van der Waals surface area contributed by atoms with E-state index in [4.69, 9.17) is 9.72 Å². The zero-order valence-electron chi connectivity index (χ0n) is 16.0. The SMILES string of the molecule is CC(C)OC1=CC=C(c2ncc(-c3cccc4c3CCC4)s2)C(C)C1C#N. The van der Waals surface area contributed by atoms with Crippen LogP contribution in [0.25, 0.3) is 16.0 Å². The maximum Gasteiger partial charge on any atom is 0.120 e. The number of benzene rings is 1. The van der Waals surface area contributed by atoms with Crippen LogP contribution in [0.2, 0.25) is 0 Å². The van der Waals surface area contributed by atoms with Crippen molar-refractivity contribution in [1.82, 2.24) is 4.98 Å². The third-order valence-electron chi connectivity index (χ3n) is 5.40. The lowest BCUT2D eigenvalue weighted by atomic mass is 9.83. The van der Waals surface area contributed by atoms with Gasteiger partial charge in [0.15, 0.2) is 0 Å². The normalized spacial score (nSPS) is 21.4. The molecule has 2 atom stereocenters. The maximum atomic E-state index is 9.68. The highest BCUT2D eigenvalue weighted by Crippen LogP contribution is 2.41. The summed E-state index contributed by atoms with van der Waals surface area (Å²) in [6.45, 7) is 6.08. The summed E-state index contributed by atoms with van der Waals surface area (Å²) in [5.74, 6) is 0.566. The second kappa shape index (κ2) is 7.32. The Kier molecular flexibility index (Phi) is 4.88. The molecular formula is C23H24N2OS. The van der Waals surface area contributed by atoms with Crippen LogP contribution in [0, 0.1) is 23.2 Å². The fraction of sp³-hybridized carbons (Fsp3) is 0.391. The summed E-state index contributed by atoms with van der Waals surface area (Å²) in [7, 11) is 0. The van der Waals surface area contributed by atoms with Crippen molar-refractivity contribution in [2.45, 2.75) is 46.1 Å². The third kappa shape index (κ3) is 3.33.